The summed E-state index contributed by atoms with van der Waals surface area (Å²) in [5.74, 6) is 5.55. The molecular weight excluding hydrogens is 402 g/mol. The number of amides is 1. The molecule has 0 aliphatic rings. The van der Waals surface area contributed by atoms with Crippen LogP contribution in [0.15, 0.2) is 29.2 Å². The van der Waals surface area contributed by atoms with Gasteiger partial charge in [0.25, 0.3) is 11.5 Å². The summed E-state index contributed by atoms with van der Waals surface area (Å²) in [5.41, 5.74) is 3.87. The zero-order valence-corrected chi connectivity index (χ0v) is 19.8. The van der Waals surface area contributed by atoms with Gasteiger partial charge in [-0.15, -0.1) is 0 Å². The number of aromatic amines is 1. The van der Waals surface area contributed by atoms with Crippen LogP contribution in [0.4, 0.5) is 0 Å². The molecule has 0 atom stereocenters. The summed E-state index contributed by atoms with van der Waals surface area (Å²) in [5, 5.41) is 13.8. The molecule has 0 aliphatic carbocycles. The Morgan fingerprint density at radius 3 is 2.47 bits per heavy atom. The van der Waals surface area contributed by atoms with Gasteiger partial charge < -0.3 is 20.0 Å². The third-order valence-corrected chi connectivity index (χ3v) is 5.36. The van der Waals surface area contributed by atoms with E-state index in [2.05, 4.69) is 40.6 Å². The number of aryl methyl sites for hydroxylation is 3. The Bertz CT molecular complexity index is 1310. The molecular formula is C26H31N3O3. The fraction of sp³-hybridized carbons (Fsp3) is 0.385. The van der Waals surface area contributed by atoms with Gasteiger partial charge in [-0.3, -0.25) is 9.59 Å². The van der Waals surface area contributed by atoms with Crippen molar-refractivity contribution in [1.82, 2.24) is 14.9 Å². The van der Waals surface area contributed by atoms with E-state index < -0.39 is 5.60 Å². The fourth-order valence-electron chi connectivity index (χ4n) is 3.86. The average molecular weight is 434 g/mol. The molecule has 0 saturated carbocycles. The standard InChI is InChI=1S/C26H31N3O3/c1-15(2)29-14-17(4)23-20(11-19(12-22(23)29)8-9-26(6,7)32)24(30)27-13-21-16(3)10-18(5)28-25(21)31/h10-12,14-15,32H,13H2,1-7H3,(H,27,30)(H,28,31). The van der Waals surface area contributed by atoms with Crippen LogP contribution in [0.25, 0.3) is 10.9 Å². The van der Waals surface area contributed by atoms with Crippen molar-refractivity contribution in [2.24, 2.45) is 0 Å². The highest BCUT2D eigenvalue weighted by atomic mass is 16.3. The zero-order valence-electron chi connectivity index (χ0n) is 19.8. The van der Waals surface area contributed by atoms with E-state index in [9.17, 15) is 14.7 Å². The highest BCUT2D eigenvalue weighted by molar-refractivity contribution is 6.08. The number of aliphatic hydroxyl groups is 1. The number of hydrogen-bond acceptors (Lipinski definition) is 3. The predicted octanol–water partition coefficient (Wildman–Crippen LogP) is 3.89. The molecule has 3 N–H and O–H groups in total. The van der Waals surface area contributed by atoms with Crippen LogP contribution in [0, 0.1) is 32.6 Å². The maximum Gasteiger partial charge on any atom is 0.253 e. The quantitative estimate of drug-likeness (QED) is 0.546. The molecule has 1 amide bonds. The van der Waals surface area contributed by atoms with E-state index in [0.717, 1.165) is 27.7 Å². The highest BCUT2D eigenvalue weighted by Crippen LogP contribution is 2.29. The number of aromatic nitrogens is 2. The largest absolute Gasteiger partial charge is 0.378 e. The lowest BCUT2D eigenvalue weighted by atomic mass is 10.0. The SMILES string of the molecule is Cc1cc(C)c(CNC(=O)c2cc(C#CC(C)(C)O)cc3c2c(C)cn3C(C)C)c(=O)[nH]1. The molecule has 32 heavy (non-hydrogen) atoms. The molecule has 0 radical (unpaired) electrons. The third-order valence-electron chi connectivity index (χ3n) is 5.36. The molecule has 3 aromatic rings. The maximum absolute atomic E-state index is 13.3. The number of rotatable bonds is 4. The molecule has 0 spiro atoms. The minimum absolute atomic E-state index is 0.130. The minimum Gasteiger partial charge on any atom is -0.378 e. The lowest BCUT2D eigenvalue weighted by Gasteiger charge is -2.13. The van der Waals surface area contributed by atoms with Gasteiger partial charge in [0.1, 0.15) is 5.60 Å². The van der Waals surface area contributed by atoms with E-state index in [1.807, 2.05) is 39.1 Å². The normalized spacial score (nSPS) is 11.5. The van der Waals surface area contributed by atoms with Crippen molar-refractivity contribution in [3.8, 4) is 11.8 Å². The molecule has 0 aliphatic heterocycles. The Morgan fingerprint density at radius 1 is 1.19 bits per heavy atom. The van der Waals surface area contributed by atoms with Gasteiger partial charge in [-0.05, 0) is 77.8 Å². The van der Waals surface area contributed by atoms with Crippen LogP contribution in [-0.4, -0.2) is 26.2 Å². The number of carbonyl (C=O) groups excluding carboxylic acids is 1. The summed E-state index contributed by atoms with van der Waals surface area (Å²) in [4.78, 5) is 28.4. The number of H-pyrrole nitrogens is 1. The zero-order chi connectivity index (χ0) is 23.8. The number of hydrogen-bond donors (Lipinski definition) is 3. The molecule has 0 bridgehead atoms. The van der Waals surface area contributed by atoms with Crippen molar-refractivity contribution >= 4 is 16.8 Å². The molecule has 0 fully saturated rings. The summed E-state index contributed by atoms with van der Waals surface area (Å²) in [6.45, 7) is 13.2. The molecule has 6 nitrogen and oxygen atoms in total. The van der Waals surface area contributed by atoms with Crippen LogP contribution < -0.4 is 10.9 Å². The van der Waals surface area contributed by atoms with E-state index in [4.69, 9.17) is 0 Å². The second-order valence-electron chi connectivity index (χ2n) is 9.17. The summed E-state index contributed by atoms with van der Waals surface area (Å²) < 4.78 is 2.12. The number of benzene rings is 1. The lowest BCUT2D eigenvalue weighted by Crippen LogP contribution is -2.28. The molecule has 2 heterocycles. The topological polar surface area (TPSA) is 87.1 Å². The van der Waals surface area contributed by atoms with Crippen molar-refractivity contribution in [2.75, 3.05) is 0 Å². The van der Waals surface area contributed by atoms with Crippen LogP contribution in [0.2, 0.25) is 0 Å². The Morgan fingerprint density at radius 2 is 1.88 bits per heavy atom. The van der Waals surface area contributed by atoms with Gasteiger partial charge in [-0.25, -0.2) is 0 Å². The number of nitrogens with one attached hydrogen (secondary N) is 2. The van der Waals surface area contributed by atoms with Gasteiger partial charge in [0.2, 0.25) is 0 Å². The number of pyridine rings is 1. The number of carbonyl (C=O) groups is 1. The van der Waals surface area contributed by atoms with Gasteiger partial charge in [0.05, 0.1) is 11.1 Å². The van der Waals surface area contributed by atoms with E-state index in [1.165, 1.54) is 0 Å². The van der Waals surface area contributed by atoms with E-state index >= 15 is 0 Å². The minimum atomic E-state index is -1.14. The molecule has 168 valence electrons. The second-order valence-corrected chi connectivity index (χ2v) is 9.17. The molecule has 2 aromatic heterocycles. The average Bonchev–Trinajstić information content (AvgIpc) is 3.01. The van der Waals surface area contributed by atoms with E-state index in [1.54, 1.807) is 19.9 Å². The summed E-state index contributed by atoms with van der Waals surface area (Å²) in [6.07, 6.45) is 2.04. The van der Waals surface area contributed by atoms with Gasteiger partial charge in [-0.2, -0.15) is 0 Å². The fourth-order valence-corrected chi connectivity index (χ4v) is 3.86. The van der Waals surface area contributed by atoms with Crippen molar-refractivity contribution in [3.05, 3.63) is 68.3 Å². The van der Waals surface area contributed by atoms with E-state index in [0.29, 0.717) is 16.7 Å². The van der Waals surface area contributed by atoms with Gasteiger partial charge in [-0.1, -0.05) is 11.8 Å². The second kappa shape index (κ2) is 8.68. The predicted molar refractivity (Wildman–Crippen MR) is 128 cm³/mol. The van der Waals surface area contributed by atoms with Gasteiger partial charge >= 0.3 is 0 Å². The first-order valence-corrected chi connectivity index (χ1v) is 10.8. The Labute approximate surface area is 188 Å². The molecule has 1 aromatic carbocycles. The van der Waals surface area contributed by atoms with Crippen LogP contribution in [0.1, 0.15) is 72.0 Å². The monoisotopic (exact) mass is 433 g/mol. The molecule has 6 heteroatoms. The van der Waals surface area contributed by atoms with Crippen molar-refractivity contribution in [3.63, 3.8) is 0 Å². The Balaban J connectivity index is 2.08. The number of nitrogens with zero attached hydrogens (tertiary/aromatic N) is 1. The van der Waals surface area contributed by atoms with Crippen molar-refractivity contribution in [1.29, 1.82) is 0 Å². The lowest BCUT2D eigenvalue weighted by molar-refractivity contribution is 0.0952. The summed E-state index contributed by atoms with van der Waals surface area (Å²) in [6, 6.07) is 5.79. The van der Waals surface area contributed by atoms with E-state index in [-0.39, 0.29) is 24.1 Å². The van der Waals surface area contributed by atoms with Gasteiger partial charge in [0, 0.05) is 41.0 Å². The van der Waals surface area contributed by atoms with Crippen LogP contribution >= 0.6 is 0 Å². The molecule has 3 rings (SSSR count). The smallest absolute Gasteiger partial charge is 0.253 e. The van der Waals surface area contributed by atoms with Gasteiger partial charge in [0.15, 0.2) is 0 Å². The Kier molecular flexibility index (Phi) is 6.34. The Hall–Kier alpha value is -3.30. The highest BCUT2D eigenvalue weighted by Gasteiger charge is 2.19. The first-order valence-electron chi connectivity index (χ1n) is 10.8. The van der Waals surface area contributed by atoms with Crippen LogP contribution in [0.5, 0.6) is 0 Å². The first-order chi connectivity index (χ1) is 14.9. The van der Waals surface area contributed by atoms with Crippen LogP contribution in [0.3, 0.4) is 0 Å². The summed E-state index contributed by atoms with van der Waals surface area (Å²) >= 11 is 0. The molecule has 0 unspecified atom stereocenters. The third kappa shape index (κ3) is 4.95. The molecule has 0 saturated heterocycles. The number of fused-ring (bicyclic) bond motifs is 1. The summed E-state index contributed by atoms with van der Waals surface area (Å²) in [7, 11) is 0. The first kappa shape index (κ1) is 23.4. The van der Waals surface area contributed by atoms with Crippen molar-refractivity contribution < 1.29 is 9.90 Å². The van der Waals surface area contributed by atoms with Crippen molar-refractivity contribution in [2.45, 2.75) is 66.7 Å². The maximum atomic E-state index is 13.3. The van der Waals surface area contributed by atoms with Crippen LogP contribution in [-0.2, 0) is 6.54 Å².